The van der Waals surface area contributed by atoms with Gasteiger partial charge in [0.15, 0.2) is 0 Å². The van der Waals surface area contributed by atoms with Gasteiger partial charge in [-0.3, -0.25) is 0 Å². The number of methoxy groups -OCH3 is 1. The summed E-state index contributed by atoms with van der Waals surface area (Å²) < 4.78 is 15.7. The first-order valence-corrected chi connectivity index (χ1v) is 6.28. The molecule has 4 heteroatoms. The van der Waals surface area contributed by atoms with Crippen molar-refractivity contribution in [2.75, 3.05) is 53.2 Å². The number of rotatable bonds is 9. The van der Waals surface area contributed by atoms with Crippen molar-refractivity contribution >= 4 is 0 Å². The van der Waals surface area contributed by atoms with E-state index in [-0.39, 0.29) is 0 Å². The van der Waals surface area contributed by atoms with Gasteiger partial charge in [0.05, 0.1) is 26.4 Å². The summed E-state index contributed by atoms with van der Waals surface area (Å²) >= 11 is 0. The highest BCUT2D eigenvalue weighted by Crippen LogP contribution is 2.15. The van der Waals surface area contributed by atoms with E-state index in [1.165, 1.54) is 32.4 Å². The molecule has 0 aromatic carbocycles. The lowest BCUT2D eigenvalue weighted by molar-refractivity contribution is 0.0211. The first-order valence-electron chi connectivity index (χ1n) is 6.28. The van der Waals surface area contributed by atoms with E-state index in [0.717, 1.165) is 12.5 Å². The van der Waals surface area contributed by atoms with Crippen LogP contribution in [0.5, 0.6) is 0 Å². The van der Waals surface area contributed by atoms with Crippen molar-refractivity contribution in [1.82, 2.24) is 5.32 Å². The summed E-state index contributed by atoms with van der Waals surface area (Å²) in [5, 5.41) is 3.37. The monoisotopic (exact) mass is 231 g/mol. The topological polar surface area (TPSA) is 39.7 Å². The van der Waals surface area contributed by atoms with Crippen LogP contribution < -0.4 is 5.32 Å². The average Bonchev–Trinajstić information content (AvgIpc) is 2.34. The first kappa shape index (κ1) is 13.9. The molecule has 1 N–H and O–H groups in total. The van der Waals surface area contributed by atoms with E-state index >= 15 is 0 Å². The lowest BCUT2D eigenvalue weighted by Crippen LogP contribution is -2.28. The molecule has 1 fully saturated rings. The first-order chi connectivity index (χ1) is 7.93. The van der Waals surface area contributed by atoms with Crippen LogP contribution in [0.2, 0.25) is 0 Å². The molecule has 0 unspecified atom stereocenters. The Morgan fingerprint density at radius 2 is 1.56 bits per heavy atom. The summed E-state index contributed by atoms with van der Waals surface area (Å²) in [5.41, 5.74) is 0. The van der Waals surface area contributed by atoms with Crippen LogP contribution in [0.25, 0.3) is 0 Å². The van der Waals surface area contributed by atoms with Crippen LogP contribution in [-0.2, 0) is 14.2 Å². The average molecular weight is 231 g/mol. The Morgan fingerprint density at radius 3 is 2.25 bits per heavy atom. The smallest absolute Gasteiger partial charge is 0.0701 e. The van der Waals surface area contributed by atoms with Crippen molar-refractivity contribution in [3.05, 3.63) is 0 Å². The second kappa shape index (κ2) is 10.0. The third kappa shape index (κ3) is 7.17. The molecule has 0 radical (unpaired) electrons. The third-order valence-electron chi connectivity index (χ3n) is 2.93. The molecule has 0 aromatic heterocycles. The van der Waals surface area contributed by atoms with Crippen LogP contribution in [0.1, 0.15) is 19.3 Å². The van der Waals surface area contributed by atoms with Gasteiger partial charge in [-0.1, -0.05) is 0 Å². The summed E-state index contributed by atoms with van der Waals surface area (Å²) in [6, 6.07) is 0. The molecule has 16 heavy (non-hydrogen) atoms. The minimum Gasteiger partial charge on any atom is -0.382 e. The van der Waals surface area contributed by atoms with E-state index in [9.17, 15) is 0 Å². The van der Waals surface area contributed by atoms with Gasteiger partial charge in [0, 0.05) is 13.7 Å². The summed E-state index contributed by atoms with van der Waals surface area (Å²) in [6.07, 6.45) is 3.79. The van der Waals surface area contributed by atoms with Crippen LogP contribution in [-0.4, -0.2) is 53.2 Å². The number of piperidine rings is 1. The Kier molecular flexibility index (Phi) is 8.71. The van der Waals surface area contributed by atoms with E-state index in [4.69, 9.17) is 14.2 Å². The van der Waals surface area contributed by atoms with Crippen molar-refractivity contribution < 1.29 is 14.2 Å². The fourth-order valence-corrected chi connectivity index (χ4v) is 1.88. The second-order valence-electron chi connectivity index (χ2n) is 4.20. The van der Waals surface area contributed by atoms with Gasteiger partial charge in [0.1, 0.15) is 0 Å². The van der Waals surface area contributed by atoms with Gasteiger partial charge < -0.3 is 19.5 Å². The quantitative estimate of drug-likeness (QED) is 0.602. The van der Waals surface area contributed by atoms with Gasteiger partial charge in [0.25, 0.3) is 0 Å². The summed E-state index contributed by atoms with van der Waals surface area (Å²) in [6.45, 7) is 5.92. The van der Waals surface area contributed by atoms with Crippen molar-refractivity contribution in [2.45, 2.75) is 19.3 Å². The van der Waals surface area contributed by atoms with Crippen LogP contribution in [0.15, 0.2) is 0 Å². The molecule has 0 bridgehead atoms. The Balaban J connectivity index is 1.77. The molecular formula is C12H25NO3. The molecule has 96 valence electrons. The third-order valence-corrected chi connectivity index (χ3v) is 2.93. The summed E-state index contributed by atoms with van der Waals surface area (Å²) in [4.78, 5) is 0. The molecule has 1 saturated heterocycles. The van der Waals surface area contributed by atoms with Gasteiger partial charge in [-0.2, -0.15) is 0 Å². The van der Waals surface area contributed by atoms with Gasteiger partial charge in [0.2, 0.25) is 0 Å². The van der Waals surface area contributed by atoms with Crippen molar-refractivity contribution in [3.8, 4) is 0 Å². The SMILES string of the molecule is COCCOCCOCCC1CCNCC1. The maximum absolute atomic E-state index is 5.53. The van der Waals surface area contributed by atoms with Crippen LogP contribution in [0.4, 0.5) is 0 Å². The van der Waals surface area contributed by atoms with Crippen molar-refractivity contribution in [3.63, 3.8) is 0 Å². The molecule has 0 spiro atoms. The number of hydrogen-bond donors (Lipinski definition) is 1. The van der Waals surface area contributed by atoms with Gasteiger partial charge in [-0.25, -0.2) is 0 Å². The van der Waals surface area contributed by atoms with E-state index in [1.807, 2.05) is 0 Å². The molecule has 1 heterocycles. The highest BCUT2D eigenvalue weighted by atomic mass is 16.5. The minimum atomic E-state index is 0.661. The number of hydrogen-bond acceptors (Lipinski definition) is 4. The van der Waals surface area contributed by atoms with E-state index in [0.29, 0.717) is 26.4 Å². The molecule has 0 atom stereocenters. The van der Waals surface area contributed by atoms with Crippen LogP contribution >= 0.6 is 0 Å². The van der Waals surface area contributed by atoms with Crippen molar-refractivity contribution in [1.29, 1.82) is 0 Å². The van der Waals surface area contributed by atoms with E-state index in [1.54, 1.807) is 7.11 Å². The summed E-state index contributed by atoms with van der Waals surface area (Å²) in [5.74, 6) is 0.857. The zero-order valence-corrected chi connectivity index (χ0v) is 10.4. The fourth-order valence-electron chi connectivity index (χ4n) is 1.88. The largest absolute Gasteiger partial charge is 0.382 e. The van der Waals surface area contributed by atoms with Gasteiger partial charge in [-0.05, 0) is 38.3 Å². The Labute approximate surface area is 98.6 Å². The number of nitrogens with one attached hydrogen (secondary N) is 1. The van der Waals surface area contributed by atoms with Crippen molar-refractivity contribution in [2.24, 2.45) is 5.92 Å². The maximum Gasteiger partial charge on any atom is 0.0701 e. The molecule has 0 aliphatic carbocycles. The zero-order chi connectivity index (χ0) is 11.5. The molecule has 1 rings (SSSR count). The lowest BCUT2D eigenvalue weighted by Gasteiger charge is -2.22. The Hall–Kier alpha value is -0.160. The van der Waals surface area contributed by atoms with Crippen LogP contribution in [0.3, 0.4) is 0 Å². The van der Waals surface area contributed by atoms with Gasteiger partial charge >= 0.3 is 0 Å². The van der Waals surface area contributed by atoms with E-state index in [2.05, 4.69) is 5.32 Å². The summed E-state index contributed by atoms with van der Waals surface area (Å²) in [7, 11) is 1.68. The highest BCUT2D eigenvalue weighted by molar-refractivity contribution is 4.67. The van der Waals surface area contributed by atoms with Crippen LogP contribution in [0, 0.1) is 5.92 Å². The molecule has 1 aliphatic heterocycles. The fraction of sp³-hybridized carbons (Fsp3) is 1.00. The lowest BCUT2D eigenvalue weighted by atomic mass is 9.95. The van der Waals surface area contributed by atoms with Gasteiger partial charge in [-0.15, -0.1) is 0 Å². The highest BCUT2D eigenvalue weighted by Gasteiger charge is 2.11. The zero-order valence-electron chi connectivity index (χ0n) is 10.4. The standard InChI is InChI=1S/C12H25NO3/c1-14-8-9-16-11-10-15-7-4-12-2-5-13-6-3-12/h12-13H,2-11H2,1H3. The molecule has 1 aliphatic rings. The molecule has 4 nitrogen and oxygen atoms in total. The Morgan fingerprint density at radius 1 is 0.938 bits per heavy atom. The number of ether oxygens (including phenoxy) is 3. The predicted octanol–water partition coefficient (Wildman–Crippen LogP) is 1.06. The molecule has 0 saturated carbocycles. The maximum atomic E-state index is 5.53. The minimum absolute atomic E-state index is 0.661. The molecule has 0 amide bonds. The van der Waals surface area contributed by atoms with E-state index < -0.39 is 0 Å². The normalized spacial score (nSPS) is 17.8. The predicted molar refractivity (Wildman–Crippen MR) is 63.7 cm³/mol. The molecule has 0 aromatic rings. The second-order valence-corrected chi connectivity index (χ2v) is 4.20. The Bertz CT molecular complexity index is 149. The molecular weight excluding hydrogens is 206 g/mol.